The van der Waals surface area contributed by atoms with Crippen LogP contribution in [0.2, 0.25) is 0 Å². The number of anilines is 2. The zero-order chi connectivity index (χ0) is 10.7. The van der Waals surface area contributed by atoms with Gasteiger partial charge in [0.2, 0.25) is 0 Å². The number of rotatable bonds is 2. The van der Waals surface area contributed by atoms with E-state index >= 15 is 0 Å². The van der Waals surface area contributed by atoms with E-state index in [1.165, 1.54) is 11.5 Å². The second kappa shape index (κ2) is 4.47. The number of ether oxygens (including phenoxy) is 1. The normalized spacial score (nSPS) is 20.9. The fourth-order valence-corrected chi connectivity index (χ4v) is 2.29. The third-order valence-corrected chi connectivity index (χ3v) is 3.12. The van der Waals surface area contributed by atoms with Crippen molar-refractivity contribution in [2.75, 3.05) is 24.3 Å². The fraction of sp³-hybridized carbons (Fsp3) is 0.556. The molecule has 1 saturated heterocycles. The molecule has 1 aliphatic rings. The van der Waals surface area contributed by atoms with Crippen molar-refractivity contribution in [1.29, 1.82) is 5.26 Å². The molecule has 1 fully saturated rings. The van der Waals surface area contributed by atoms with Crippen molar-refractivity contribution in [3.8, 4) is 6.07 Å². The summed E-state index contributed by atoms with van der Waals surface area (Å²) in [6.45, 7) is 1.51. The number of nitrogens with one attached hydrogen (secondary N) is 1. The van der Waals surface area contributed by atoms with Gasteiger partial charge in [-0.1, -0.05) is 0 Å². The molecule has 15 heavy (non-hydrogen) atoms. The second-order valence-electron chi connectivity index (χ2n) is 3.44. The Bertz CT molecular complexity index is 378. The third-order valence-electron chi connectivity index (χ3n) is 2.33. The van der Waals surface area contributed by atoms with E-state index in [-0.39, 0.29) is 6.04 Å². The molecule has 1 unspecified atom stereocenters. The van der Waals surface area contributed by atoms with Gasteiger partial charge in [0, 0.05) is 6.61 Å². The molecule has 0 radical (unpaired) electrons. The van der Waals surface area contributed by atoms with Gasteiger partial charge < -0.3 is 15.8 Å². The van der Waals surface area contributed by atoms with E-state index in [0.29, 0.717) is 18.0 Å². The van der Waals surface area contributed by atoms with Crippen LogP contribution in [0.25, 0.3) is 0 Å². The van der Waals surface area contributed by atoms with Crippen LogP contribution < -0.4 is 11.1 Å². The Hall–Kier alpha value is -1.32. The van der Waals surface area contributed by atoms with Crippen LogP contribution in [0.1, 0.15) is 18.4 Å². The fourth-order valence-electron chi connectivity index (χ4n) is 1.55. The first kappa shape index (κ1) is 10.2. The van der Waals surface area contributed by atoms with E-state index < -0.39 is 0 Å². The van der Waals surface area contributed by atoms with Crippen LogP contribution in [0.3, 0.4) is 0 Å². The summed E-state index contributed by atoms with van der Waals surface area (Å²) >= 11 is 1.23. The molecule has 80 valence electrons. The van der Waals surface area contributed by atoms with Crippen molar-refractivity contribution in [3.63, 3.8) is 0 Å². The molecule has 1 aromatic rings. The van der Waals surface area contributed by atoms with Gasteiger partial charge in [-0.3, -0.25) is 0 Å². The highest BCUT2D eigenvalue weighted by Gasteiger charge is 2.17. The molecular weight excluding hydrogens is 212 g/mol. The molecular formula is C9H12N4OS. The number of hydrogen-bond acceptors (Lipinski definition) is 6. The summed E-state index contributed by atoms with van der Waals surface area (Å²) in [6.07, 6.45) is 2.11. The van der Waals surface area contributed by atoms with Crippen molar-refractivity contribution < 1.29 is 4.74 Å². The first-order chi connectivity index (χ1) is 7.31. The Kier molecular flexibility index (Phi) is 3.04. The highest BCUT2D eigenvalue weighted by Crippen LogP contribution is 2.27. The smallest absolute Gasteiger partial charge is 0.157 e. The lowest BCUT2D eigenvalue weighted by atomic mass is 10.1. The number of nitriles is 1. The van der Waals surface area contributed by atoms with Gasteiger partial charge in [-0.2, -0.15) is 9.64 Å². The van der Waals surface area contributed by atoms with Crippen LogP contribution in [0, 0.1) is 11.3 Å². The maximum absolute atomic E-state index is 8.88. The van der Waals surface area contributed by atoms with Crippen molar-refractivity contribution in [3.05, 3.63) is 5.56 Å². The maximum Gasteiger partial charge on any atom is 0.157 e. The molecule has 0 amide bonds. The highest BCUT2D eigenvalue weighted by molar-refractivity contribution is 7.10. The lowest BCUT2D eigenvalue weighted by molar-refractivity contribution is 0.0877. The third kappa shape index (κ3) is 2.19. The largest absolute Gasteiger partial charge is 0.382 e. The van der Waals surface area contributed by atoms with E-state index in [2.05, 4.69) is 15.8 Å². The second-order valence-corrected chi connectivity index (χ2v) is 4.22. The zero-order valence-corrected chi connectivity index (χ0v) is 9.01. The molecule has 2 heterocycles. The molecule has 1 atom stereocenters. The number of aromatic nitrogens is 1. The molecule has 0 aromatic carbocycles. The van der Waals surface area contributed by atoms with Gasteiger partial charge >= 0.3 is 0 Å². The van der Waals surface area contributed by atoms with Gasteiger partial charge in [-0.25, -0.2) is 0 Å². The molecule has 0 spiro atoms. The lowest BCUT2D eigenvalue weighted by Crippen LogP contribution is -2.29. The van der Waals surface area contributed by atoms with Crippen molar-refractivity contribution in [1.82, 2.24) is 4.37 Å². The molecule has 3 N–H and O–H groups in total. The van der Waals surface area contributed by atoms with Crippen LogP contribution in [-0.2, 0) is 4.74 Å². The Labute approximate surface area is 92.0 Å². The summed E-state index contributed by atoms with van der Waals surface area (Å²) in [4.78, 5) is 0. The van der Waals surface area contributed by atoms with Crippen molar-refractivity contribution in [2.24, 2.45) is 0 Å². The molecule has 5 nitrogen and oxygen atoms in total. The predicted molar refractivity (Wildman–Crippen MR) is 58.7 cm³/mol. The Morgan fingerprint density at radius 1 is 1.67 bits per heavy atom. The minimum Gasteiger partial charge on any atom is -0.382 e. The standard InChI is InChI=1S/C9H12N4OS/c10-4-7-8(11)13-15-9(7)12-6-2-1-3-14-5-6/h6,12H,1-3,5H2,(H2,11,13). The van der Waals surface area contributed by atoms with E-state index in [1.54, 1.807) is 0 Å². The lowest BCUT2D eigenvalue weighted by Gasteiger charge is -2.23. The van der Waals surface area contributed by atoms with E-state index in [4.69, 9.17) is 15.7 Å². The Morgan fingerprint density at radius 2 is 2.53 bits per heavy atom. The quantitative estimate of drug-likeness (QED) is 0.788. The molecule has 0 saturated carbocycles. The highest BCUT2D eigenvalue weighted by atomic mass is 32.1. The first-order valence-corrected chi connectivity index (χ1v) is 5.58. The average Bonchev–Trinajstić information content (AvgIpc) is 2.61. The average molecular weight is 224 g/mol. The van der Waals surface area contributed by atoms with Crippen molar-refractivity contribution in [2.45, 2.75) is 18.9 Å². The van der Waals surface area contributed by atoms with E-state index in [1.807, 2.05) is 0 Å². The van der Waals surface area contributed by atoms with Gasteiger partial charge in [0.15, 0.2) is 5.82 Å². The minimum absolute atomic E-state index is 0.269. The number of hydrogen-bond donors (Lipinski definition) is 2. The van der Waals surface area contributed by atoms with Crippen molar-refractivity contribution >= 4 is 22.4 Å². The number of nitrogens with two attached hydrogens (primary N) is 1. The number of nitrogen functional groups attached to an aromatic ring is 1. The SMILES string of the molecule is N#Cc1c(N)nsc1NC1CCCOC1. The zero-order valence-electron chi connectivity index (χ0n) is 8.19. The van der Waals surface area contributed by atoms with Gasteiger partial charge in [-0.15, -0.1) is 0 Å². The monoisotopic (exact) mass is 224 g/mol. The summed E-state index contributed by atoms with van der Waals surface area (Å²) in [5.74, 6) is 0.307. The topological polar surface area (TPSA) is 84.0 Å². The van der Waals surface area contributed by atoms with Crippen LogP contribution in [0.4, 0.5) is 10.8 Å². The van der Waals surface area contributed by atoms with Gasteiger partial charge in [0.25, 0.3) is 0 Å². The maximum atomic E-state index is 8.88. The van der Waals surface area contributed by atoms with Crippen LogP contribution in [-0.4, -0.2) is 23.6 Å². The molecule has 2 rings (SSSR count). The molecule has 1 aromatic heterocycles. The molecule has 1 aliphatic heterocycles. The predicted octanol–water partition coefficient (Wildman–Crippen LogP) is 1.19. The Balaban J connectivity index is 2.06. The van der Waals surface area contributed by atoms with E-state index in [0.717, 1.165) is 24.4 Å². The van der Waals surface area contributed by atoms with Crippen LogP contribution in [0.15, 0.2) is 0 Å². The van der Waals surface area contributed by atoms with Crippen LogP contribution >= 0.6 is 11.5 Å². The first-order valence-electron chi connectivity index (χ1n) is 4.81. The molecule has 6 heteroatoms. The summed E-state index contributed by atoms with van der Waals surface area (Å²) in [5.41, 5.74) is 6.01. The van der Waals surface area contributed by atoms with Gasteiger partial charge in [-0.05, 0) is 24.4 Å². The van der Waals surface area contributed by atoms with Gasteiger partial charge in [0.05, 0.1) is 12.6 Å². The summed E-state index contributed by atoms with van der Waals surface area (Å²) < 4.78 is 9.29. The Morgan fingerprint density at radius 3 is 3.20 bits per heavy atom. The van der Waals surface area contributed by atoms with E-state index in [9.17, 15) is 0 Å². The molecule has 0 bridgehead atoms. The summed E-state index contributed by atoms with van der Waals surface area (Å²) in [7, 11) is 0. The number of nitrogens with zero attached hydrogens (tertiary/aromatic N) is 2. The van der Waals surface area contributed by atoms with Crippen LogP contribution in [0.5, 0.6) is 0 Å². The minimum atomic E-state index is 0.269. The summed E-state index contributed by atoms with van der Waals surface area (Å²) in [6, 6.07) is 2.32. The molecule has 0 aliphatic carbocycles. The van der Waals surface area contributed by atoms with Gasteiger partial charge in [0.1, 0.15) is 16.6 Å². The summed E-state index contributed by atoms with van der Waals surface area (Å²) in [5, 5.41) is 12.9.